The standard InChI is InChI=1S/C17H20F2N2O2/c18-11-1-2-12(14(19)7-11)13-8-15(13)20-16(22)21-5-3-17(9-21)4-6-23-10-17/h1-2,7,13,15H,3-6,8-10H2,(H,20,22)/t13-,15+,17-/m0/s1. The largest absolute Gasteiger partial charge is 0.381 e. The number of amides is 2. The summed E-state index contributed by atoms with van der Waals surface area (Å²) in [5.74, 6) is -1.16. The summed E-state index contributed by atoms with van der Waals surface area (Å²) in [6, 6.07) is 3.50. The van der Waals surface area contributed by atoms with Crippen LogP contribution in [0.2, 0.25) is 0 Å². The first kappa shape index (κ1) is 14.9. The Hall–Kier alpha value is -1.69. The van der Waals surface area contributed by atoms with E-state index in [0.717, 1.165) is 45.2 Å². The molecule has 124 valence electrons. The maximum atomic E-state index is 13.8. The van der Waals surface area contributed by atoms with Crippen LogP contribution in [0.4, 0.5) is 13.6 Å². The highest BCUT2D eigenvalue weighted by molar-refractivity contribution is 5.75. The van der Waals surface area contributed by atoms with Crippen LogP contribution in [0.1, 0.15) is 30.7 Å². The van der Waals surface area contributed by atoms with E-state index in [1.807, 2.05) is 4.90 Å². The molecule has 0 radical (unpaired) electrons. The van der Waals surface area contributed by atoms with Gasteiger partial charge in [0.2, 0.25) is 0 Å². The molecular weight excluding hydrogens is 302 g/mol. The molecule has 0 unspecified atom stereocenters. The predicted molar refractivity (Wildman–Crippen MR) is 80.1 cm³/mol. The molecule has 2 aliphatic heterocycles. The minimum absolute atomic E-state index is 0.0501. The maximum Gasteiger partial charge on any atom is 0.317 e. The van der Waals surface area contributed by atoms with Crippen LogP contribution < -0.4 is 5.32 Å². The molecule has 4 rings (SSSR count). The lowest BCUT2D eigenvalue weighted by molar-refractivity contribution is 0.152. The minimum Gasteiger partial charge on any atom is -0.381 e. The normalized spacial score (nSPS) is 32.5. The Morgan fingerprint density at radius 1 is 1.35 bits per heavy atom. The molecule has 1 saturated carbocycles. The van der Waals surface area contributed by atoms with Crippen LogP contribution in [0.5, 0.6) is 0 Å². The molecule has 2 saturated heterocycles. The average Bonchev–Trinajstić information content (AvgIpc) is 2.96. The van der Waals surface area contributed by atoms with Gasteiger partial charge >= 0.3 is 6.03 Å². The van der Waals surface area contributed by atoms with Gasteiger partial charge in [-0.3, -0.25) is 0 Å². The Bertz CT molecular complexity index is 631. The highest BCUT2D eigenvalue weighted by Gasteiger charge is 2.45. The van der Waals surface area contributed by atoms with Crippen molar-refractivity contribution in [2.24, 2.45) is 5.41 Å². The molecule has 3 fully saturated rings. The number of hydrogen-bond donors (Lipinski definition) is 1. The van der Waals surface area contributed by atoms with Crippen molar-refractivity contribution in [1.82, 2.24) is 10.2 Å². The van der Waals surface area contributed by atoms with E-state index in [1.165, 1.54) is 12.1 Å². The van der Waals surface area contributed by atoms with Gasteiger partial charge in [-0.05, 0) is 30.9 Å². The second-order valence-corrected chi connectivity index (χ2v) is 7.04. The fraction of sp³-hybridized carbons (Fsp3) is 0.588. The number of nitrogens with one attached hydrogen (secondary N) is 1. The minimum atomic E-state index is -0.575. The van der Waals surface area contributed by atoms with Crippen molar-refractivity contribution >= 4 is 6.03 Å². The summed E-state index contributed by atoms with van der Waals surface area (Å²) < 4.78 is 32.2. The van der Waals surface area contributed by atoms with Crippen molar-refractivity contribution in [3.05, 3.63) is 35.4 Å². The zero-order chi connectivity index (χ0) is 16.0. The van der Waals surface area contributed by atoms with Gasteiger partial charge in [0.05, 0.1) is 6.61 Å². The Labute approximate surface area is 133 Å². The first-order valence-electron chi connectivity index (χ1n) is 8.14. The van der Waals surface area contributed by atoms with Gasteiger partial charge in [-0.15, -0.1) is 0 Å². The maximum absolute atomic E-state index is 13.8. The predicted octanol–water partition coefficient (Wildman–Crippen LogP) is 2.64. The number of halogens is 2. The molecule has 2 heterocycles. The van der Waals surface area contributed by atoms with Gasteiger partial charge in [-0.25, -0.2) is 13.6 Å². The molecule has 1 aromatic carbocycles. The van der Waals surface area contributed by atoms with E-state index >= 15 is 0 Å². The Morgan fingerprint density at radius 3 is 2.96 bits per heavy atom. The molecule has 2 amide bonds. The van der Waals surface area contributed by atoms with Crippen molar-refractivity contribution in [2.45, 2.75) is 31.2 Å². The van der Waals surface area contributed by atoms with E-state index in [1.54, 1.807) is 0 Å². The molecule has 23 heavy (non-hydrogen) atoms. The lowest BCUT2D eigenvalue weighted by atomic mass is 9.87. The van der Waals surface area contributed by atoms with Gasteiger partial charge in [0.1, 0.15) is 11.6 Å². The molecule has 4 nitrogen and oxygen atoms in total. The summed E-state index contributed by atoms with van der Waals surface area (Å²) in [7, 11) is 0. The fourth-order valence-corrected chi connectivity index (χ4v) is 3.83. The Kier molecular flexibility index (Phi) is 3.52. The first-order chi connectivity index (χ1) is 11.1. The van der Waals surface area contributed by atoms with Crippen molar-refractivity contribution in [3.8, 4) is 0 Å². The van der Waals surface area contributed by atoms with Crippen molar-refractivity contribution in [2.75, 3.05) is 26.3 Å². The SMILES string of the molecule is O=C(N[C@@H]1C[C@H]1c1ccc(F)cc1F)N1CC[C@]2(CCOC2)C1. The number of hydrogen-bond acceptors (Lipinski definition) is 2. The van der Waals surface area contributed by atoms with Crippen LogP contribution in [0.15, 0.2) is 18.2 Å². The topological polar surface area (TPSA) is 41.6 Å². The van der Waals surface area contributed by atoms with E-state index < -0.39 is 11.6 Å². The van der Waals surface area contributed by atoms with Gasteiger partial charge in [-0.2, -0.15) is 0 Å². The van der Waals surface area contributed by atoms with Crippen LogP contribution in [0.25, 0.3) is 0 Å². The lowest BCUT2D eigenvalue weighted by Crippen LogP contribution is -2.41. The Balaban J connectivity index is 1.34. The third-order valence-electron chi connectivity index (χ3n) is 5.37. The van der Waals surface area contributed by atoms with Gasteiger partial charge in [0, 0.05) is 43.1 Å². The zero-order valence-corrected chi connectivity index (χ0v) is 12.9. The number of nitrogens with zero attached hydrogens (tertiary/aromatic N) is 1. The highest BCUT2D eigenvalue weighted by Crippen LogP contribution is 2.43. The molecule has 1 aliphatic carbocycles. The molecule has 3 atom stereocenters. The van der Waals surface area contributed by atoms with Gasteiger partial charge in [0.25, 0.3) is 0 Å². The van der Waals surface area contributed by atoms with E-state index in [2.05, 4.69) is 5.32 Å². The molecule has 1 spiro atoms. The summed E-state index contributed by atoms with van der Waals surface area (Å²) in [4.78, 5) is 14.2. The summed E-state index contributed by atoms with van der Waals surface area (Å²) in [5.41, 5.74) is 0.627. The van der Waals surface area contributed by atoms with Crippen LogP contribution in [-0.2, 0) is 4.74 Å². The summed E-state index contributed by atoms with van der Waals surface area (Å²) in [5, 5.41) is 2.98. The van der Waals surface area contributed by atoms with Gasteiger partial charge in [0.15, 0.2) is 0 Å². The van der Waals surface area contributed by atoms with E-state index in [-0.39, 0.29) is 23.4 Å². The van der Waals surface area contributed by atoms with Crippen molar-refractivity contribution in [1.29, 1.82) is 0 Å². The van der Waals surface area contributed by atoms with E-state index in [0.29, 0.717) is 12.0 Å². The van der Waals surface area contributed by atoms with Crippen molar-refractivity contribution in [3.63, 3.8) is 0 Å². The number of rotatable bonds is 2. The van der Waals surface area contributed by atoms with Crippen LogP contribution >= 0.6 is 0 Å². The monoisotopic (exact) mass is 322 g/mol. The Morgan fingerprint density at radius 2 is 2.22 bits per heavy atom. The highest BCUT2D eigenvalue weighted by atomic mass is 19.1. The molecule has 1 aromatic rings. The number of carbonyl (C=O) groups is 1. The van der Waals surface area contributed by atoms with Gasteiger partial charge in [-0.1, -0.05) is 6.07 Å². The van der Waals surface area contributed by atoms with Crippen LogP contribution in [-0.4, -0.2) is 43.3 Å². The van der Waals surface area contributed by atoms with Crippen LogP contribution in [0.3, 0.4) is 0 Å². The molecule has 6 heteroatoms. The van der Waals surface area contributed by atoms with Crippen LogP contribution in [0, 0.1) is 17.0 Å². The quantitative estimate of drug-likeness (QED) is 0.909. The lowest BCUT2D eigenvalue weighted by Gasteiger charge is -2.22. The number of benzene rings is 1. The summed E-state index contributed by atoms with van der Waals surface area (Å²) >= 11 is 0. The first-order valence-corrected chi connectivity index (χ1v) is 8.14. The molecule has 0 aromatic heterocycles. The van der Waals surface area contributed by atoms with Gasteiger partial charge < -0.3 is 15.0 Å². The molecular formula is C17H20F2N2O2. The number of urea groups is 1. The smallest absolute Gasteiger partial charge is 0.317 e. The second kappa shape index (κ2) is 5.44. The average molecular weight is 322 g/mol. The third-order valence-corrected chi connectivity index (χ3v) is 5.37. The summed E-state index contributed by atoms with van der Waals surface area (Å²) in [6.45, 7) is 3.01. The van der Waals surface area contributed by atoms with Crippen molar-refractivity contribution < 1.29 is 18.3 Å². The van der Waals surface area contributed by atoms with E-state index in [9.17, 15) is 13.6 Å². The fourth-order valence-electron chi connectivity index (χ4n) is 3.83. The number of carbonyl (C=O) groups excluding carboxylic acids is 1. The molecule has 1 N–H and O–H groups in total. The third kappa shape index (κ3) is 2.80. The second-order valence-electron chi connectivity index (χ2n) is 7.04. The zero-order valence-electron chi connectivity index (χ0n) is 12.9. The molecule has 3 aliphatic rings. The number of ether oxygens (including phenoxy) is 1. The summed E-state index contributed by atoms with van der Waals surface area (Å²) in [6.07, 6.45) is 2.71. The number of likely N-dealkylation sites (tertiary alicyclic amines) is 1. The van der Waals surface area contributed by atoms with E-state index in [4.69, 9.17) is 4.74 Å². The molecule has 0 bridgehead atoms.